The number of imidazole rings is 1. The molecule has 12 nitrogen and oxygen atoms in total. The number of carbonyl (C=O) groups is 1. The molecule has 14 heteroatoms. The lowest BCUT2D eigenvalue weighted by Gasteiger charge is -2.27. The number of rotatable bonds is 11. The van der Waals surface area contributed by atoms with Gasteiger partial charge < -0.3 is 29.2 Å². The van der Waals surface area contributed by atoms with E-state index in [2.05, 4.69) is 26.0 Å². The first-order valence-corrected chi connectivity index (χ1v) is 15.0. The number of hydrogen-bond donors (Lipinski definition) is 2. The first-order chi connectivity index (χ1) is 18.6. The van der Waals surface area contributed by atoms with Gasteiger partial charge in [-0.3, -0.25) is 9.36 Å². The summed E-state index contributed by atoms with van der Waals surface area (Å²) in [7, 11) is 3.70. The maximum Gasteiger partial charge on any atom is 0.323 e. The molecular weight excluding hydrogens is 541 g/mol. The lowest BCUT2D eigenvalue weighted by molar-refractivity contribution is -0.144. The Hall–Kier alpha value is -3.27. The van der Waals surface area contributed by atoms with Crippen LogP contribution >= 0.6 is 6.64 Å². The van der Waals surface area contributed by atoms with Gasteiger partial charge in [-0.2, -0.15) is 9.97 Å². The van der Waals surface area contributed by atoms with Gasteiger partial charge in [-0.05, 0) is 44.2 Å². The second kappa shape index (κ2) is 12.3. The summed E-state index contributed by atoms with van der Waals surface area (Å²) in [5.74, 6) is 3.27. The highest BCUT2D eigenvalue weighted by Gasteiger charge is 2.38. The third-order valence-corrected chi connectivity index (χ3v) is 8.42. The number of esters is 1. The lowest BCUT2D eigenvalue weighted by Crippen LogP contribution is -2.35. The molecule has 0 unspecified atom stereocenters. The van der Waals surface area contributed by atoms with Crippen LogP contribution in [0, 0.1) is 18.3 Å². The van der Waals surface area contributed by atoms with Crippen LogP contribution in [0.4, 0.5) is 11.8 Å². The topological polar surface area (TPSA) is 139 Å². The van der Waals surface area contributed by atoms with Gasteiger partial charge in [0.2, 0.25) is 5.95 Å². The van der Waals surface area contributed by atoms with Crippen molar-refractivity contribution in [2.24, 2.45) is 5.92 Å². The van der Waals surface area contributed by atoms with Crippen LogP contribution < -0.4 is 20.2 Å². The highest BCUT2D eigenvalue weighted by Crippen LogP contribution is 2.47. The molecule has 3 N–H and O–H groups in total. The Morgan fingerprint density at radius 2 is 2.13 bits per heavy atom. The van der Waals surface area contributed by atoms with E-state index in [0.717, 1.165) is 0 Å². The molecule has 0 radical (unpaired) electrons. The third kappa shape index (κ3) is 6.66. The molecule has 0 aliphatic carbocycles. The number of terminal acetylenes is 1. The zero-order valence-electron chi connectivity index (χ0n) is 22.2. The van der Waals surface area contributed by atoms with Crippen LogP contribution in [0.15, 0.2) is 36.7 Å². The molecule has 1 aliphatic heterocycles. The summed E-state index contributed by atoms with van der Waals surface area (Å²) in [5.41, 5.74) is 7.06. The molecule has 208 valence electrons. The van der Waals surface area contributed by atoms with Crippen LogP contribution in [0.25, 0.3) is 11.2 Å². The Bertz CT molecular complexity index is 1400. The van der Waals surface area contributed by atoms with Gasteiger partial charge in [-0.15, -0.1) is 6.42 Å². The van der Waals surface area contributed by atoms with Crippen molar-refractivity contribution < 1.29 is 23.3 Å². The van der Waals surface area contributed by atoms with Crippen LogP contribution in [0.3, 0.4) is 0 Å². The van der Waals surface area contributed by atoms with E-state index in [9.17, 15) is 4.79 Å². The van der Waals surface area contributed by atoms with Gasteiger partial charge in [-0.1, -0.05) is 24.1 Å². The number of nitrogens with zero attached hydrogens (tertiary/aromatic N) is 5. The zero-order valence-corrected chi connectivity index (χ0v) is 23.9. The number of fused-ring (bicyclic) bond motifs is 1. The highest BCUT2D eigenvalue weighted by atomic mass is 32.5. The number of para-hydroxylation sites is 1. The summed E-state index contributed by atoms with van der Waals surface area (Å²) in [5, 5.41) is 3.02. The Balaban J connectivity index is 1.53. The fraction of sp³-hybridized carbons (Fsp3) is 0.440. The number of benzene rings is 1. The molecule has 0 amide bonds. The Morgan fingerprint density at radius 1 is 1.38 bits per heavy atom. The lowest BCUT2D eigenvalue weighted by atomic mass is 10.0. The number of nitrogens with two attached hydrogens (primary N) is 1. The number of carbonyl (C=O) groups excluding carboxylic acids is 1. The Morgan fingerprint density at radius 3 is 2.79 bits per heavy atom. The van der Waals surface area contributed by atoms with E-state index in [1.54, 1.807) is 36.9 Å². The van der Waals surface area contributed by atoms with E-state index in [1.165, 1.54) is 0 Å². The second-order valence-corrected chi connectivity index (χ2v) is 12.2. The van der Waals surface area contributed by atoms with Crippen molar-refractivity contribution in [1.82, 2.24) is 24.6 Å². The second-order valence-electron chi connectivity index (χ2n) is 9.08. The molecular formula is C25H32N7O5PS. The summed E-state index contributed by atoms with van der Waals surface area (Å²) in [4.78, 5) is 27.3. The molecule has 39 heavy (non-hydrogen) atoms. The quantitative estimate of drug-likeness (QED) is 0.198. The first-order valence-electron chi connectivity index (χ1n) is 12.4. The maximum atomic E-state index is 12.3. The summed E-state index contributed by atoms with van der Waals surface area (Å²) in [6.07, 6.45) is 7.03. The molecule has 0 saturated carbocycles. The fourth-order valence-electron chi connectivity index (χ4n) is 4.13. The van der Waals surface area contributed by atoms with E-state index < -0.39 is 31.0 Å². The summed E-state index contributed by atoms with van der Waals surface area (Å²) < 4.78 is 25.4. The minimum absolute atomic E-state index is 0.0774. The monoisotopic (exact) mass is 573 g/mol. The van der Waals surface area contributed by atoms with Gasteiger partial charge in [0, 0.05) is 14.1 Å². The van der Waals surface area contributed by atoms with Crippen molar-refractivity contribution in [2.45, 2.75) is 38.6 Å². The van der Waals surface area contributed by atoms with Crippen molar-refractivity contribution >= 4 is 47.3 Å². The van der Waals surface area contributed by atoms with Crippen LogP contribution in [0.2, 0.25) is 0 Å². The highest BCUT2D eigenvalue weighted by molar-refractivity contribution is 8.09. The van der Waals surface area contributed by atoms with Gasteiger partial charge in [0.1, 0.15) is 11.8 Å². The van der Waals surface area contributed by atoms with Crippen molar-refractivity contribution in [2.75, 3.05) is 37.9 Å². The van der Waals surface area contributed by atoms with Gasteiger partial charge in [0.25, 0.3) is 0 Å². The van der Waals surface area contributed by atoms with Gasteiger partial charge in [0.05, 0.1) is 31.6 Å². The predicted molar refractivity (Wildman–Crippen MR) is 151 cm³/mol. The van der Waals surface area contributed by atoms with E-state index in [1.807, 2.05) is 37.2 Å². The third-order valence-electron chi connectivity index (χ3n) is 5.92. The molecule has 1 aliphatic rings. The maximum absolute atomic E-state index is 12.3. The fourth-order valence-corrected chi connectivity index (χ4v) is 6.57. The molecule has 4 rings (SSSR count). The van der Waals surface area contributed by atoms with Gasteiger partial charge >= 0.3 is 12.6 Å². The summed E-state index contributed by atoms with van der Waals surface area (Å²) in [6, 6.07) is 8.27. The molecule has 3 aromatic rings. The van der Waals surface area contributed by atoms with Gasteiger partial charge in [-0.25, -0.2) is 10.1 Å². The molecule has 3 heterocycles. The molecule has 0 bridgehead atoms. The average molecular weight is 574 g/mol. The SMILES string of the molecule is C#C[C@H]1C[C@@H](CO[P@@](=S)(N[C@H](C)C(=O)OCC)Oc2ccccc2)O[C@H]1n1cnc2c(N(C)C)nc(N)nc21. The Kier molecular flexibility index (Phi) is 9.04. The number of nitrogens with one attached hydrogen (secondary N) is 1. The van der Waals surface area contributed by atoms with E-state index in [4.69, 9.17) is 42.5 Å². The van der Waals surface area contributed by atoms with Crippen molar-refractivity contribution in [1.29, 1.82) is 0 Å². The van der Waals surface area contributed by atoms with Gasteiger partial charge in [0.15, 0.2) is 23.2 Å². The largest absolute Gasteiger partial charge is 0.465 e. The molecule has 2 aromatic heterocycles. The number of ether oxygens (including phenoxy) is 2. The summed E-state index contributed by atoms with van der Waals surface area (Å²) >= 11 is 5.78. The minimum atomic E-state index is -3.21. The van der Waals surface area contributed by atoms with Crippen LogP contribution in [0.1, 0.15) is 26.5 Å². The molecule has 5 atom stereocenters. The van der Waals surface area contributed by atoms with Crippen LogP contribution in [-0.4, -0.2) is 64.9 Å². The number of aromatic nitrogens is 4. The first kappa shape index (κ1) is 28.7. The number of anilines is 2. The molecule has 0 spiro atoms. The molecule has 1 fully saturated rings. The van der Waals surface area contributed by atoms with Crippen LogP contribution in [-0.2, 0) is 30.6 Å². The number of nitrogen functional groups attached to an aromatic ring is 1. The standard InChI is InChI=1S/C25H32N7O5PS/c1-6-17-13-19(36-23(17)32-15-27-20-21(31(4)5)28-25(26)29-22(20)32)14-35-38(39,30-16(3)24(33)34-7-2)37-18-11-9-8-10-12-18/h1,8-12,15-17,19,23H,7,13-14H2,2-5H3,(H,30,39)(H2,26,28,29)/t16-,17+,19+,23-,38+/m1/s1. The molecule has 1 aromatic carbocycles. The van der Waals surface area contributed by atoms with Crippen LogP contribution in [0.5, 0.6) is 5.75 Å². The smallest absolute Gasteiger partial charge is 0.323 e. The van der Waals surface area contributed by atoms with E-state index in [0.29, 0.717) is 29.2 Å². The predicted octanol–water partition coefficient (Wildman–Crippen LogP) is 2.87. The van der Waals surface area contributed by atoms with E-state index in [-0.39, 0.29) is 25.1 Å². The average Bonchev–Trinajstić information content (AvgIpc) is 3.51. The zero-order chi connectivity index (χ0) is 28.2. The number of hydrogen-bond acceptors (Lipinski definition) is 11. The van der Waals surface area contributed by atoms with Crippen molar-refractivity contribution in [3.63, 3.8) is 0 Å². The minimum Gasteiger partial charge on any atom is -0.465 e. The normalized spacial score (nSPS) is 21.2. The summed E-state index contributed by atoms with van der Waals surface area (Å²) in [6.45, 7) is 0.493. The Labute approximate surface area is 232 Å². The van der Waals surface area contributed by atoms with E-state index >= 15 is 0 Å². The van der Waals surface area contributed by atoms with Crippen molar-refractivity contribution in [3.8, 4) is 18.1 Å². The van der Waals surface area contributed by atoms with Crippen molar-refractivity contribution in [3.05, 3.63) is 36.7 Å². The molecule has 1 saturated heterocycles.